The van der Waals surface area contributed by atoms with Gasteiger partial charge >= 0.3 is 0 Å². The Morgan fingerprint density at radius 3 is 2.33 bits per heavy atom. The van der Waals surface area contributed by atoms with Crippen LogP contribution in [0.1, 0.15) is 30.5 Å². The highest BCUT2D eigenvalue weighted by Gasteiger charge is 2.40. The van der Waals surface area contributed by atoms with Gasteiger partial charge < -0.3 is 14.4 Å². The van der Waals surface area contributed by atoms with Crippen molar-refractivity contribution in [3.8, 4) is 22.9 Å². The van der Waals surface area contributed by atoms with E-state index in [1.165, 1.54) is 0 Å². The molecule has 0 N–H and O–H groups in total. The average molecular weight is 403 g/mol. The third-order valence-corrected chi connectivity index (χ3v) is 5.56. The lowest BCUT2D eigenvalue weighted by Crippen LogP contribution is -2.29. The summed E-state index contributed by atoms with van der Waals surface area (Å²) in [6, 6.07) is 15.4. The Hall–Kier alpha value is -3.41. The van der Waals surface area contributed by atoms with E-state index in [9.17, 15) is 4.79 Å². The van der Waals surface area contributed by atoms with Gasteiger partial charge in [-0.1, -0.05) is 31.2 Å². The highest BCUT2D eigenvalue weighted by atomic mass is 16.5. The Labute approximate surface area is 176 Å². The molecule has 2 aromatic carbocycles. The van der Waals surface area contributed by atoms with Crippen molar-refractivity contribution in [1.82, 2.24) is 14.9 Å². The molecule has 0 radical (unpaired) electrons. The van der Waals surface area contributed by atoms with Gasteiger partial charge in [0, 0.05) is 30.4 Å². The molecule has 0 bridgehead atoms. The second-order valence-corrected chi connectivity index (χ2v) is 7.47. The van der Waals surface area contributed by atoms with Crippen LogP contribution < -0.4 is 9.47 Å². The predicted molar refractivity (Wildman–Crippen MR) is 114 cm³/mol. The van der Waals surface area contributed by atoms with Crippen molar-refractivity contribution in [1.29, 1.82) is 0 Å². The molecule has 2 heterocycles. The smallest absolute Gasteiger partial charge is 0.226 e. The van der Waals surface area contributed by atoms with E-state index in [2.05, 4.69) is 9.97 Å². The van der Waals surface area contributed by atoms with Crippen LogP contribution in [0.3, 0.4) is 0 Å². The van der Waals surface area contributed by atoms with E-state index in [-0.39, 0.29) is 17.9 Å². The van der Waals surface area contributed by atoms with Crippen molar-refractivity contribution in [2.75, 3.05) is 14.2 Å². The summed E-state index contributed by atoms with van der Waals surface area (Å²) in [7, 11) is 3.29. The number of ether oxygens (including phenoxy) is 2. The molecular formula is C24H25N3O3. The van der Waals surface area contributed by atoms with Gasteiger partial charge in [-0.2, -0.15) is 0 Å². The minimum Gasteiger partial charge on any atom is -0.496 e. The summed E-state index contributed by atoms with van der Waals surface area (Å²) >= 11 is 0. The molecule has 1 aliphatic heterocycles. The first-order valence-electron chi connectivity index (χ1n) is 10.00. The quantitative estimate of drug-likeness (QED) is 0.615. The Morgan fingerprint density at radius 1 is 1.00 bits per heavy atom. The van der Waals surface area contributed by atoms with Crippen molar-refractivity contribution in [3.63, 3.8) is 0 Å². The maximum Gasteiger partial charge on any atom is 0.226 e. The number of benzene rings is 2. The van der Waals surface area contributed by atoms with Gasteiger partial charge in [0.05, 0.1) is 25.8 Å². The van der Waals surface area contributed by atoms with E-state index in [0.717, 1.165) is 34.6 Å². The number of hydrogen-bond donors (Lipinski definition) is 0. The fraction of sp³-hybridized carbons (Fsp3) is 0.292. The van der Waals surface area contributed by atoms with Gasteiger partial charge in [0.2, 0.25) is 5.91 Å². The number of aromatic nitrogens is 2. The molecule has 0 saturated carbocycles. The van der Waals surface area contributed by atoms with Gasteiger partial charge in [-0.05, 0) is 36.2 Å². The first-order chi connectivity index (χ1) is 14.6. The summed E-state index contributed by atoms with van der Waals surface area (Å²) in [5.74, 6) is 2.21. The number of rotatable bonds is 6. The maximum atomic E-state index is 13.1. The summed E-state index contributed by atoms with van der Waals surface area (Å²) in [5.41, 5.74) is 2.88. The summed E-state index contributed by atoms with van der Waals surface area (Å²) in [6.07, 6.45) is 4.17. The fourth-order valence-electron chi connectivity index (χ4n) is 4.12. The molecule has 4 rings (SSSR count). The summed E-state index contributed by atoms with van der Waals surface area (Å²) < 4.78 is 11.2. The molecule has 2 unspecified atom stereocenters. The molecule has 30 heavy (non-hydrogen) atoms. The van der Waals surface area contributed by atoms with Gasteiger partial charge in [-0.15, -0.1) is 0 Å². The standard InChI is InChI=1S/C24H25N3O3/c1-16-13-19(22-20(29-2)9-5-10-21(22)30-3)27(24(16)28)15-17-7-4-8-18(14-17)23-25-11-6-12-26-23/h4-12,14,16,19H,13,15H2,1-3H3. The first kappa shape index (κ1) is 19.9. The van der Waals surface area contributed by atoms with Gasteiger partial charge in [-0.25, -0.2) is 9.97 Å². The third-order valence-electron chi connectivity index (χ3n) is 5.56. The molecule has 0 aliphatic carbocycles. The largest absolute Gasteiger partial charge is 0.496 e. The Bertz CT molecular complexity index is 1020. The van der Waals surface area contributed by atoms with Crippen molar-refractivity contribution in [3.05, 3.63) is 72.1 Å². The zero-order valence-electron chi connectivity index (χ0n) is 17.4. The van der Waals surface area contributed by atoms with Gasteiger partial charge in [0.25, 0.3) is 0 Å². The second-order valence-electron chi connectivity index (χ2n) is 7.47. The molecule has 3 aromatic rings. The number of carbonyl (C=O) groups is 1. The average Bonchev–Trinajstić information content (AvgIpc) is 3.07. The zero-order valence-corrected chi connectivity index (χ0v) is 17.4. The van der Waals surface area contributed by atoms with Gasteiger partial charge in [0.15, 0.2) is 5.82 Å². The highest BCUT2D eigenvalue weighted by Crippen LogP contribution is 2.45. The van der Waals surface area contributed by atoms with Crippen LogP contribution in [0.25, 0.3) is 11.4 Å². The SMILES string of the molecule is COc1cccc(OC)c1C1CC(C)C(=O)N1Cc1cccc(-c2ncccn2)c1. The molecule has 0 spiro atoms. The van der Waals surface area contributed by atoms with Gasteiger partial charge in [-0.3, -0.25) is 4.79 Å². The summed E-state index contributed by atoms with van der Waals surface area (Å²) in [6.45, 7) is 2.47. The lowest BCUT2D eigenvalue weighted by molar-refractivity contribution is -0.132. The normalized spacial score (nSPS) is 18.5. The van der Waals surface area contributed by atoms with Crippen LogP contribution >= 0.6 is 0 Å². The zero-order chi connectivity index (χ0) is 21.1. The van der Waals surface area contributed by atoms with Gasteiger partial charge in [0.1, 0.15) is 11.5 Å². The van der Waals surface area contributed by atoms with Crippen molar-refractivity contribution in [2.24, 2.45) is 5.92 Å². The number of nitrogens with zero attached hydrogens (tertiary/aromatic N) is 3. The molecule has 1 aromatic heterocycles. The van der Waals surface area contributed by atoms with Crippen molar-refractivity contribution < 1.29 is 14.3 Å². The number of amides is 1. The molecule has 2 atom stereocenters. The molecule has 1 aliphatic rings. The number of likely N-dealkylation sites (tertiary alicyclic amines) is 1. The Balaban J connectivity index is 1.69. The fourth-order valence-corrected chi connectivity index (χ4v) is 4.12. The van der Waals surface area contributed by atoms with Crippen LogP contribution in [0, 0.1) is 5.92 Å². The first-order valence-corrected chi connectivity index (χ1v) is 10.00. The minimum atomic E-state index is -0.116. The Morgan fingerprint density at radius 2 is 1.67 bits per heavy atom. The van der Waals surface area contributed by atoms with Crippen LogP contribution in [-0.2, 0) is 11.3 Å². The summed E-state index contributed by atoms with van der Waals surface area (Å²) in [5, 5.41) is 0. The molecule has 1 fully saturated rings. The number of methoxy groups -OCH3 is 2. The van der Waals surface area contributed by atoms with Crippen molar-refractivity contribution >= 4 is 5.91 Å². The van der Waals surface area contributed by atoms with E-state index < -0.39 is 0 Å². The topological polar surface area (TPSA) is 64.6 Å². The van der Waals surface area contributed by atoms with Crippen LogP contribution in [-0.4, -0.2) is 35.0 Å². The van der Waals surface area contributed by atoms with E-state index in [0.29, 0.717) is 12.4 Å². The van der Waals surface area contributed by atoms with Crippen molar-refractivity contribution in [2.45, 2.75) is 25.9 Å². The maximum absolute atomic E-state index is 13.1. The highest BCUT2D eigenvalue weighted by molar-refractivity contribution is 5.82. The minimum absolute atomic E-state index is 0.0646. The molecular weight excluding hydrogens is 378 g/mol. The van der Waals surface area contributed by atoms with E-state index >= 15 is 0 Å². The van der Waals surface area contributed by atoms with E-state index in [4.69, 9.17) is 9.47 Å². The Kier molecular flexibility index (Phi) is 5.65. The van der Waals surface area contributed by atoms with E-state index in [1.54, 1.807) is 32.7 Å². The van der Waals surface area contributed by atoms with Crippen LogP contribution in [0.4, 0.5) is 0 Å². The molecule has 1 saturated heterocycles. The second kappa shape index (κ2) is 8.53. The van der Waals surface area contributed by atoms with Crippen LogP contribution in [0.2, 0.25) is 0 Å². The van der Waals surface area contributed by atoms with Crippen LogP contribution in [0.15, 0.2) is 60.9 Å². The predicted octanol–water partition coefficient (Wildman–Crippen LogP) is 4.27. The summed E-state index contributed by atoms with van der Waals surface area (Å²) in [4.78, 5) is 23.7. The third kappa shape index (κ3) is 3.73. The number of hydrogen-bond acceptors (Lipinski definition) is 5. The van der Waals surface area contributed by atoms with Crippen LogP contribution in [0.5, 0.6) is 11.5 Å². The van der Waals surface area contributed by atoms with E-state index in [1.807, 2.05) is 54.3 Å². The monoisotopic (exact) mass is 403 g/mol. The lowest BCUT2D eigenvalue weighted by atomic mass is 9.98. The molecule has 154 valence electrons. The molecule has 6 heteroatoms. The lowest BCUT2D eigenvalue weighted by Gasteiger charge is -2.28. The molecule has 1 amide bonds. The molecule has 6 nitrogen and oxygen atoms in total. The number of carbonyl (C=O) groups excluding carboxylic acids is 1.